The summed E-state index contributed by atoms with van der Waals surface area (Å²) in [6.45, 7) is 4.58. The minimum Gasteiger partial charge on any atom is -0.493 e. The molecule has 0 radical (unpaired) electrons. The Kier molecular flexibility index (Phi) is 6.42. The number of nitrogens with two attached hydrogens (primary N) is 1. The van der Waals surface area contributed by atoms with E-state index in [1.54, 1.807) is 16.4 Å². The van der Waals surface area contributed by atoms with Crippen molar-refractivity contribution in [2.45, 2.75) is 18.6 Å². The summed E-state index contributed by atoms with van der Waals surface area (Å²) in [5.41, 5.74) is 2.20. The van der Waals surface area contributed by atoms with E-state index in [9.17, 15) is 0 Å². The first-order valence-corrected chi connectivity index (χ1v) is 9.36. The molecular weight excluding hydrogens is 334 g/mol. The SMILES string of the molecule is CCOc1ccccc1C[NH2+]CCSc1nnnn1-c1ccccc1. The average Bonchev–Trinajstić information content (AvgIpc) is 3.12. The van der Waals surface area contributed by atoms with Crippen LogP contribution in [0.2, 0.25) is 0 Å². The van der Waals surface area contributed by atoms with Gasteiger partial charge in [-0.2, -0.15) is 4.68 Å². The van der Waals surface area contributed by atoms with Crippen LogP contribution in [0.15, 0.2) is 59.8 Å². The van der Waals surface area contributed by atoms with E-state index < -0.39 is 0 Å². The highest BCUT2D eigenvalue weighted by Crippen LogP contribution is 2.18. The summed E-state index contributed by atoms with van der Waals surface area (Å²) in [7, 11) is 0. The number of tetrazole rings is 1. The molecule has 3 rings (SSSR count). The summed E-state index contributed by atoms with van der Waals surface area (Å²) in [6.07, 6.45) is 0. The zero-order valence-corrected chi connectivity index (χ0v) is 15.0. The number of nitrogens with zero attached hydrogens (tertiary/aromatic N) is 4. The molecule has 3 aromatic rings. The zero-order chi connectivity index (χ0) is 17.3. The van der Waals surface area contributed by atoms with Gasteiger partial charge in [-0.1, -0.05) is 42.1 Å². The van der Waals surface area contributed by atoms with Crippen LogP contribution in [0.1, 0.15) is 12.5 Å². The highest BCUT2D eigenvalue weighted by atomic mass is 32.2. The standard InChI is InChI=1S/C18H21N5OS/c1-2-24-17-11-7-6-8-15(17)14-19-12-13-25-18-20-21-22-23(18)16-9-4-3-5-10-16/h3-11,19H,2,12-14H2,1H3/p+1. The van der Waals surface area contributed by atoms with Gasteiger partial charge in [-0.3, -0.25) is 0 Å². The second-order valence-corrected chi connectivity index (χ2v) is 6.44. The fourth-order valence-corrected chi connectivity index (χ4v) is 3.29. The van der Waals surface area contributed by atoms with E-state index in [1.165, 1.54) is 5.56 Å². The summed E-state index contributed by atoms with van der Waals surface area (Å²) < 4.78 is 7.44. The third-order valence-electron chi connectivity index (χ3n) is 3.63. The van der Waals surface area contributed by atoms with Gasteiger partial charge in [0.15, 0.2) is 0 Å². The first kappa shape index (κ1) is 17.4. The van der Waals surface area contributed by atoms with Gasteiger partial charge < -0.3 is 10.1 Å². The van der Waals surface area contributed by atoms with Gasteiger partial charge in [0, 0.05) is 5.56 Å². The maximum atomic E-state index is 5.66. The molecule has 6 nitrogen and oxygen atoms in total. The Balaban J connectivity index is 1.48. The lowest BCUT2D eigenvalue weighted by atomic mass is 10.2. The first-order valence-electron chi connectivity index (χ1n) is 8.37. The van der Waals surface area contributed by atoms with E-state index in [0.717, 1.165) is 35.4 Å². The van der Waals surface area contributed by atoms with E-state index in [-0.39, 0.29) is 0 Å². The molecule has 1 heterocycles. The van der Waals surface area contributed by atoms with Gasteiger partial charge in [0.1, 0.15) is 12.3 Å². The number of aromatic nitrogens is 4. The number of ether oxygens (including phenoxy) is 1. The van der Waals surface area contributed by atoms with Crippen molar-refractivity contribution in [3.05, 3.63) is 60.2 Å². The van der Waals surface area contributed by atoms with Crippen molar-refractivity contribution >= 4 is 11.8 Å². The van der Waals surface area contributed by atoms with Crippen LogP contribution in [-0.4, -0.2) is 39.1 Å². The molecule has 0 saturated carbocycles. The second-order valence-electron chi connectivity index (χ2n) is 5.38. The van der Waals surface area contributed by atoms with Gasteiger partial charge in [-0.05, 0) is 41.6 Å². The molecule has 0 aliphatic heterocycles. The second kappa shape index (κ2) is 9.19. The molecule has 7 heteroatoms. The molecule has 0 unspecified atom stereocenters. The predicted molar refractivity (Wildman–Crippen MR) is 98.0 cm³/mol. The quantitative estimate of drug-likeness (QED) is 0.469. The first-order chi connectivity index (χ1) is 12.4. The third-order valence-corrected chi connectivity index (χ3v) is 4.58. The molecule has 0 aliphatic rings. The van der Waals surface area contributed by atoms with Gasteiger partial charge >= 0.3 is 0 Å². The normalized spacial score (nSPS) is 10.8. The van der Waals surface area contributed by atoms with Gasteiger partial charge in [0.05, 0.1) is 24.6 Å². The van der Waals surface area contributed by atoms with E-state index in [4.69, 9.17) is 4.74 Å². The topological polar surface area (TPSA) is 69.4 Å². The molecule has 25 heavy (non-hydrogen) atoms. The van der Waals surface area contributed by atoms with Gasteiger partial charge in [0.2, 0.25) is 5.16 Å². The molecule has 0 spiro atoms. The highest BCUT2D eigenvalue weighted by Gasteiger charge is 2.09. The molecule has 1 aromatic heterocycles. The molecule has 130 valence electrons. The van der Waals surface area contributed by atoms with Crippen LogP contribution >= 0.6 is 11.8 Å². The number of hydrogen-bond donors (Lipinski definition) is 1. The van der Waals surface area contributed by atoms with Crippen molar-refractivity contribution in [3.63, 3.8) is 0 Å². The van der Waals surface area contributed by atoms with Crippen molar-refractivity contribution in [1.29, 1.82) is 0 Å². The lowest BCUT2D eigenvalue weighted by Gasteiger charge is -2.09. The van der Waals surface area contributed by atoms with Gasteiger partial charge in [-0.25, -0.2) is 0 Å². The number of rotatable bonds is 9. The minimum atomic E-state index is 0.689. The highest BCUT2D eigenvalue weighted by molar-refractivity contribution is 7.99. The average molecular weight is 356 g/mol. The Morgan fingerprint density at radius 3 is 2.72 bits per heavy atom. The summed E-state index contributed by atoms with van der Waals surface area (Å²) >= 11 is 1.66. The van der Waals surface area contributed by atoms with Crippen LogP contribution in [0.25, 0.3) is 5.69 Å². The van der Waals surface area contributed by atoms with E-state index >= 15 is 0 Å². The van der Waals surface area contributed by atoms with Crippen LogP contribution < -0.4 is 10.1 Å². The molecule has 2 N–H and O–H groups in total. The largest absolute Gasteiger partial charge is 0.493 e. The Bertz CT molecular complexity index is 778. The summed E-state index contributed by atoms with van der Waals surface area (Å²) in [5, 5.41) is 15.1. The van der Waals surface area contributed by atoms with Crippen LogP contribution in [0, 0.1) is 0 Å². The van der Waals surface area contributed by atoms with Crippen molar-refractivity contribution < 1.29 is 10.1 Å². The molecule has 2 aromatic carbocycles. The number of thioether (sulfide) groups is 1. The van der Waals surface area contributed by atoms with Gasteiger partial charge in [-0.15, -0.1) is 5.10 Å². The van der Waals surface area contributed by atoms with Crippen molar-refractivity contribution in [2.24, 2.45) is 0 Å². The lowest BCUT2D eigenvalue weighted by Crippen LogP contribution is -2.83. The molecule has 0 saturated heterocycles. The summed E-state index contributed by atoms with van der Waals surface area (Å²) in [6, 6.07) is 18.1. The van der Waals surface area contributed by atoms with Crippen LogP contribution in [-0.2, 0) is 6.54 Å². The molecule has 0 bridgehead atoms. The van der Waals surface area contributed by atoms with E-state index in [2.05, 4.69) is 33.0 Å². The maximum absolute atomic E-state index is 5.66. The zero-order valence-electron chi connectivity index (χ0n) is 14.2. The molecular formula is C18H22N5OS+. The molecule has 0 amide bonds. The molecule has 0 fully saturated rings. The van der Waals surface area contributed by atoms with E-state index in [0.29, 0.717) is 6.61 Å². The summed E-state index contributed by atoms with van der Waals surface area (Å²) in [4.78, 5) is 0. The van der Waals surface area contributed by atoms with Crippen molar-refractivity contribution in [3.8, 4) is 11.4 Å². The van der Waals surface area contributed by atoms with Crippen LogP contribution in [0.5, 0.6) is 5.75 Å². The number of hydrogen-bond acceptors (Lipinski definition) is 5. The number of benzene rings is 2. The minimum absolute atomic E-state index is 0.689. The third kappa shape index (κ3) is 4.80. The maximum Gasteiger partial charge on any atom is 0.214 e. The summed E-state index contributed by atoms with van der Waals surface area (Å²) in [5.74, 6) is 1.91. The lowest BCUT2D eigenvalue weighted by molar-refractivity contribution is -0.666. The van der Waals surface area contributed by atoms with Crippen LogP contribution in [0.4, 0.5) is 0 Å². The van der Waals surface area contributed by atoms with Crippen LogP contribution in [0.3, 0.4) is 0 Å². The van der Waals surface area contributed by atoms with Crippen molar-refractivity contribution in [1.82, 2.24) is 20.2 Å². The Morgan fingerprint density at radius 1 is 1.08 bits per heavy atom. The smallest absolute Gasteiger partial charge is 0.214 e. The fourth-order valence-electron chi connectivity index (χ4n) is 2.46. The Morgan fingerprint density at radius 2 is 1.88 bits per heavy atom. The van der Waals surface area contributed by atoms with Gasteiger partial charge in [0.25, 0.3) is 0 Å². The number of para-hydroxylation sites is 2. The number of quaternary nitrogens is 1. The monoisotopic (exact) mass is 356 g/mol. The fraction of sp³-hybridized carbons (Fsp3) is 0.278. The van der Waals surface area contributed by atoms with E-state index in [1.807, 2.05) is 49.4 Å². The Hall–Kier alpha value is -2.38. The molecule has 0 aliphatic carbocycles. The predicted octanol–water partition coefficient (Wildman–Crippen LogP) is 1.92. The van der Waals surface area contributed by atoms with Crippen molar-refractivity contribution in [2.75, 3.05) is 18.9 Å². The molecule has 0 atom stereocenters. The Labute approximate surface area is 151 Å².